The number of fused-ring (bicyclic) bond motifs is 2. The molecule has 0 amide bonds. The first-order chi connectivity index (χ1) is 14.1. The third kappa shape index (κ3) is 3.02. The van der Waals surface area contributed by atoms with E-state index in [1.165, 1.54) is 12.3 Å². The maximum atomic E-state index is 15.0. The van der Waals surface area contributed by atoms with Crippen molar-refractivity contribution in [1.82, 2.24) is 19.5 Å². The van der Waals surface area contributed by atoms with Crippen molar-refractivity contribution in [2.24, 2.45) is 0 Å². The van der Waals surface area contributed by atoms with Crippen LogP contribution in [0.3, 0.4) is 0 Å². The molecular weight excluding hydrogens is 370 g/mol. The minimum atomic E-state index is -0.634. The van der Waals surface area contributed by atoms with Crippen molar-refractivity contribution in [3.8, 4) is 11.3 Å². The SMILES string of the molecule is Cc1cccc(-c2ccc3ncn(Cc4c(F)cc5ncccc5c4F)c3n2)c1. The number of nitrogens with zero attached hydrogens (tertiary/aromatic N) is 4. The van der Waals surface area contributed by atoms with E-state index in [1.807, 2.05) is 43.3 Å². The number of aromatic nitrogens is 4. The highest BCUT2D eigenvalue weighted by molar-refractivity contribution is 5.80. The zero-order valence-electron chi connectivity index (χ0n) is 15.6. The molecule has 3 heterocycles. The van der Waals surface area contributed by atoms with Gasteiger partial charge in [0.1, 0.15) is 17.2 Å². The summed E-state index contributed by atoms with van der Waals surface area (Å²) in [4.78, 5) is 13.1. The third-order valence-electron chi connectivity index (χ3n) is 5.00. The van der Waals surface area contributed by atoms with Crippen molar-refractivity contribution in [3.05, 3.63) is 89.9 Å². The van der Waals surface area contributed by atoms with Gasteiger partial charge in [-0.05, 0) is 37.3 Å². The fourth-order valence-electron chi connectivity index (χ4n) is 3.53. The second kappa shape index (κ2) is 6.74. The van der Waals surface area contributed by atoms with Crippen LogP contribution < -0.4 is 0 Å². The van der Waals surface area contributed by atoms with Gasteiger partial charge < -0.3 is 4.57 Å². The van der Waals surface area contributed by atoms with Gasteiger partial charge >= 0.3 is 0 Å². The first-order valence-electron chi connectivity index (χ1n) is 9.21. The summed E-state index contributed by atoms with van der Waals surface area (Å²) in [5.74, 6) is -1.24. The summed E-state index contributed by atoms with van der Waals surface area (Å²) < 4.78 is 31.3. The van der Waals surface area contributed by atoms with Crippen molar-refractivity contribution in [2.75, 3.05) is 0 Å². The molecule has 0 spiro atoms. The highest BCUT2D eigenvalue weighted by atomic mass is 19.1. The van der Waals surface area contributed by atoms with Gasteiger partial charge in [0.15, 0.2) is 5.65 Å². The van der Waals surface area contributed by atoms with Gasteiger partial charge in [-0.1, -0.05) is 23.8 Å². The number of halogens is 2. The summed E-state index contributed by atoms with van der Waals surface area (Å²) in [6.07, 6.45) is 3.07. The molecule has 0 aliphatic heterocycles. The zero-order chi connectivity index (χ0) is 20.0. The monoisotopic (exact) mass is 386 g/mol. The van der Waals surface area contributed by atoms with Gasteiger partial charge in [-0.3, -0.25) is 4.98 Å². The molecular formula is C23H16F2N4. The van der Waals surface area contributed by atoms with E-state index in [-0.39, 0.29) is 12.1 Å². The van der Waals surface area contributed by atoms with Crippen molar-refractivity contribution < 1.29 is 8.78 Å². The standard InChI is InChI=1S/C23H16F2N4/c1-14-4-2-5-15(10-14)19-7-8-20-23(28-19)29(13-27-20)12-17-18(24)11-21-16(22(17)25)6-3-9-26-21/h2-11,13H,12H2,1H3. The van der Waals surface area contributed by atoms with Gasteiger partial charge in [-0.2, -0.15) is 0 Å². The number of hydrogen-bond acceptors (Lipinski definition) is 3. The Hall–Kier alpha value is -3.67. The van der Waals surface area contributed by atoms with E-state index < -0.39 is 11.6 Å². The van der Waals surface area contributed by atoms with Gasteiger partial charge in [0.05, 0.1) is 24.1 Å². The van der Waals surface area contributed by atoms with Crippen LogP contribution >= 0.6 is 0 Å². The van der Waals surface area contributed by atoms with Crippen LogP contribution in [-0.2, 0) is 6.54 Å². The van der Waals surface area contributed by atoms with Gasteiger partial charge in [0, 0.05) is 28.8 Å². The molecule has 2 aromatic carbocycles. The first kappa shape index (κ1) is 17.4. The molecule has 0 N–H and O–H groups in total. The lowest BCUT2D eigenvalue weighted by atomic mass is 10.1. The summed E-state index contributed by atoms with van der Waals surface area (Å²) in [7, 11) is 0. The maximum Gasteiger partial charge on any atom is 0.160 e. The van der Waals surface area contributed by atoms with E-state index in [0.717, 1.165) is 16.8 Å². The highest BCUT2D eigenvalue weighted by Gasteiger charge is 2.16. The Morgan fingerprint density at radius 2 is 1.83 bits per heavy atom. The van der Waals surface area contributed by atoms with Gasteiger partial charge in [-0.15, -0.1) is 0 Å². The molecule has 0 aliphatic rings. The number of imidazole rings is 1. The summed E-state index contributed by atoms with van der Waals surface area (Å²) in [5.41, 5.74) is 4.40. The predicted octanol–water partition coefficient (Wildman–Crippen LogP) is 5.28. The van der Waals surface area contributed by atoms with Crippen molar-refractivity contribution in [3.63, 3.8) is 0 Å². The molecule has 0 radical (unpaired) electrons. The van der Waals surface area contributed by atoms with Crippen LogP contribution in [0, 0.1) is 18.6 Å². The number of rotatable bonds is 3. The molecule has 4 nitrogen and oxygen atoms in total. The lowest BCUT2D eigenvalue weighted by Gasteiger charge is -2.10. The van der Waals surface area contributed by atoms with E-state index in [9.17, 15) is 8.78 Å². The lowest BCUT2D eigenvalue weighted by molar-refractivity contribution is 0.554. The van der Waals surface area contributed by atoms with E-state index >= 15 is 0 Å². The van der Waals surface area contributed by atoms with Gasteiger partial charge in [0.25, 0.3) is 0 Å². The third-order valence-corrected chi connectivity index (χ3v) is 5.00. The molecule has 0 bridgehead atoms. The molecule has 0 aliphatic carbocycles. The minimum Gasteiger partial charge on any atom is -0.311 e. The fraction of sp³-hybridized carbons (Fsp3) is 0.0870. The fourth-order valence-corrected chi connectivity index (χ4v) is 3.53. The molecule has 142 valence electrons. The molecule has 0 saturated heterocycles. The van der Waals surface area contributed by atoms with Gasteiger partial charge in [-0.25, -0.2) is 18.7 Å². The summed E-state index contributed by atoms with van der Waals surface area (Å²) in [6, 6.07) is 16.3. The normalized spacial score (nSPS) is 11.4. The molecule has 0 saturated carbocycles. The van der Waals surface area contributed by atoms with Gasteiger partial charge in [0.2, 0.25) is 0 Å². The van der Waals surface area contributed by atoms with Crippen LogP contribution in [0.2, 0.25) is 0 Å². The zero-order valence-corrected chi connectivity index (χ0v) is 15.6. The Morgan fingerprint density at radius 1 is 0.931 bits per heavy atom. The molecule has 29 heavy (non-hydrogen) atoms. The van der Waals surface area contributed by atoms with E-state index in [0.29, 0.717) is 22.1 Å². The summed E-state index contributed by atoms with van der Waals surface area (Å²) in [5, 5.41) is 0.293. The predicted molar refractivity (Wildman–Crippen MR) is 108 cm³/mol. The van der Waals surface area contributed by atoms with E-state index in [2.05, 4.69) is 9.97 Å². The maximum absolute atomic E-state index is 15.0. The van der Waals surface area contributed by atoms with Crippen LogP contribution in [0.5, 0.6) is 0 Å². The van der Waals surface area contributed by atoms with Crippen molar-refractivity contribution >= 4 is 22.1 Å². The molecule has 0 unspecified atom stereocenters. The van der Waals surface area contributed by atoms with E-state index in [4.69, 9.17) is 4.98 Å². The number of pyridine rings is 2. The summed E-state index contributed by atoms with van der Waals surface area (Å²) in [6.45, 7) is 2.01. The van der Waals surface area contributed by atoms with Crippen molar-refractivity contribution in [1.29, 1.82) is 0 Å². The van der Waals surface area contributed by atoms with Crippen LogP contribution in [0.1, 0.15) is 11.1 Å². The Kier molecular flexibility index (Phi) is 4.05. The second-order valence-electron chi connectivity index (χ2n) is 7.00. The Labute approximate surface area is 165 Å². The Balaban J connectivity index is 1.61. The van der Waals surface area contributed by atoms with Crippen LogP contribution in [0.15, 0.2) is 67.1 Å². The molecule has 0 atom stereocenters. The highest BCUT2D eigenvalue weighted by Crippen LogP contribution is 2.26. The Morgan fingerprint density at radius 3 is 2.69 bits per heavy atom. The topological polar surface area (TPSA) is 43.6 Å². The minimum absolute atomic E-state index is 0.0106. The van der Waals surface area contributed by atoms with Crippen LogP contribution in [0.4, 0.5) is 8.78 Å². The molecule has 6 heteroatoms. The summed E-state index contributed by atoms with van der Waals surface area (Å²) >= 11 is 0. The smallest absolute Gasteiger partial charge is 0.160 e. The molecule has 0 fully saturated rings. The second-order valence-corrected chi connectivity index (χ2v) is 7.00. The largest absolute Gasteiger partial charge is 0.311 e. The molecule has 5 rings (SSSR count). The first-order valence-corrected chi connectivity index (χ1v) is 9.21. The molecule has 5 aromatic rings. The number of aryl methyl sites for hydroxylation is 1. The lowest BCUT2D eigenvalue weighted by Crippen LogP contribution is -2.06. The average Bonchev–Trinajstić information content (AvgIpc) is 3.13. The van der Waals surface area contributed by atoms with E-state index in [1.54, 1.807) is 23.0 Å². The van der Waals surface area contributed by atoms with Crippen molar-refractivity contribution in [2.45, 2.75) is 13.5 Å². The Bertz CT molecular complexity index is 1370. The quantitative estimate of drug-likeness (QED) is 0.424. The average molecular weight is 386 g/mol. The number of benzene rings is 2. The number of hydrogen-bond donors (Lipinski definition) is 0. The molecule has 3 aromatic heterocycles. The van der Waals surface area contributed by atoms with Crippen LogP contribution in [-0.4, -0.2) is 19.5 Å². The van der Waals surface area contributed by atoms with Crippen LogP contribution in [0.25, 0.3) is 33.3 Å².